The molecule has 0 saturated carbocycles. The number of ether oxygens (including phenoxy) is 1. The van der Waals surface area contributed by atoms with E-state index in [1.54, 1.807) is 36.4 Å². The van der Waals surface area contributed by atoms with E-state index in [1.807, 2.05) is 19.1 Å². The average Bonchev–Trinajstić information content (AvgIpc) is 3.05. The molecule has 0 spiro atoms. The van der Waals surface area contributed by atoms with E-state index in [0.717, 1.165) is 16.9 Å². The number of anilines is 1. The van der Waals surface area contributed by atoms with Gasteiger partial charge in [0.15, 0.2) is 5.78 Å². The molecule has 3 aromatic rings. The molecule has 142 valence electrons. The molecule has 28 heavy (non-hydrogen) atoms. The number of hydrogen-bond acceptors (Lipinski definition) is 5. The van der Waals surface area contributed by atoms with Gasteiger partial charge in [-0.05, 0) is 56.3 Å². The van der Waals surface area contributed by atoms with Crippen molar-refractivity contribution in [3.8, 4) is 10.8 Å². The molecule has 0 fully saturated rings. The van der Waals surface area contributed by atoms with Gasteiger partial charge in [0.2, 0.25) is 5.06 Å². The lowest BCUT2D eigenvalue weighted by atomic mass is 10.1. The number of benzene rings is 2. The van der Waals surface area contributed by atoms with Crippen LogP contribution in [0.4, 0.5) is 5.69 Å². The second kappa shape index (κ2) is 8.06. The van der Waals surface area contributed by atoms with Crippen molar-refractivity contribution >= 4 is 34.7 Å². The third kappa shape index (κ3) is 4.44. The van der Waals surface area contributed by atoms with Gasteiger partial charge >= 0.3 is 5.97 Å². The number of carbonyl (C=O) groups is 3. The molecule has 0 aliphatic rings. The summed E-state index contributed by atoms with van der Waals surface area (Å²) in [5.41, 5.74) is 2.28. The van der Waals surface area contributed by atoms with Gasteiger partial charge in [0.05, 0.1) is 5.69 Å². The fourth-order valence-electron chi connectivity index (χ4n) is 2.41. The molecule has 2 aromatic carbocycles. The number of aromatic carboxylic acids is 1. The molecule has 1 aromatic heterocycles. The molecule has 0 radical (unpaired) electrons. The lowest BCUT2D eigenvalue weighted by molar-refractivity contribution is 0.0701. The Kier molecular flexibility index (Phi) is 5.56. The number of thiophene rings is 1. The monoisotopic (exact) mass is 395 g/mol. The SMILES string of the molecule is CC(=O)c1ccc(Oc2sc(C(=O)O)cc2NC(=O)c2ccc(C)cc2)cc1. The number of carboxylic acid groups (broad SMARTS) is 1. The molecule has 1 amide bonds. The lowest BCUT2D eigenvalue weighted by Crippen LogP contribution is -2.11. The summed E-state index contributed by atoms with van der Waals surface area (Å²) in [5, 5.41) is 12.2. The van der Waals surface area contributed by atoms with Crippen LogP contribution in [0.5, 0.6) is 10.8 Å². The third-order valence-electron chi connectivity index (χ3n) is 3.94. The minimum atomic E-state index is -1.11. The summed E-state index contributed by atoms with van der Waals surface area (Å²) in [4.78, 5) is 35.2. The molecule has 0 saturated heterocycles. The Morgan fingerprint density at radius 3 is 2.14 bits per heavy atom. The topological polar surface area (TPSA) is 92.7 Å². The van der Waals surface area contributed by atoms with E-state index in [4.69, 9.17) is 4.74 Å². The molecule has 0 unspecified atom stereocenters. The zero-order valence-electron chi connectivity index (χ0n) is 15.2. The summed E-state index contributed by atoms with van der Waals surface area (Å²) in [6.45, 7) is 3.38. The first-order valence-electron chi connectivity index (χ1n) is 8.37. The fraction of sp³-hybridized carbons (Fsp3) is 0.0952. The van der Waals surface area contributed by atoms with Crippen molar-refractivity contribution < 1.29 is 24.2 Å². The predicted octanol–water partition coefficient (Wildman–Crippen LogP) is 5.00. The third-order valence-corrected chi connectivity index (χ3v) is 4.94. The largest absolute Gasteiger partial charge is 0.477 e. The lowest BCUT2D eigenvalue weighted by Gasteiger charge is -2.08. The molecule has 0 aliphatic heterocycles. The standard InChI is InChI=1S/C21H17NO5S/c1-12-3-5-15(6-4-12)19(24)22-17-11-18(20(25)26)28-21(17)27-16-9-7-14(8-10-16)13(2)23/h3-11H,1-2H3,(H,22,24)(H,25,26). The minimum Gasteiger partial charge on any atom is -0.477 e. The second-order valence-corrected chi connectivity index (χ2v) is 7.13. The van der Waals surface area contributed by atoms with Gasteiger partial charge in [-0.1, -0.05) is 29.0 Å². The molecule has 0 aliphatic carbocycles. The molecule has 3 rings (SSSR count). The summed E-state index contributed by atoms with van der Waals surface area (Å²) in [7, 11) is 0. The smallest absolute Gasteiger partial charge is 0.346 e. The van der Waals surface area contributed by atoms with Crippen LogP contribution in [0.1, 0.15) is 42.9 Å². The molecule has 0 bridgehead atoms. The van der Waals surface area contributed by atoms with Gasteiger partial charge in [-0.2, -0.15) is 0 Å². The van der Waals surface area contributed by atoms with Crippen LogP contribution in [-0.2, 0) is 0 Å². The zero-order valence-corrected chi connectivity index (χ0v) is 16.0. The van der Waals surface area contributed by atoms with E-state index < -0.39 is 5.97 Å². The van der Waals surface area contributed by atoms with Crippen LogP contribution >= 0.6 is 11.3 Å². The van der Waals surface area contributed by atoms with E-state index in [-0.39, 0.29) is 27.3 Å². The van der Waals surface area contributed by atoms with Crippen LogP contribution in [-0.4, -0.2) is 22.8 Å². The number of ketones is 1. The van der Waals surface area contributed by atoms with Crippen LogP contribution in [0.2, 0.25) is 0 Å². The van der Waals surface area contributed by atoms with Crippen molar-refractivity contribution in [2.24, 2.45) is 0 Å². The van der Waals surface area contributed by atoms with Crippen LogP contribution in [0.25, 0.3) is 0 Å². The first-order chi connectivity index (χ1) is 13.3. The van der Waals surface area contributed by atoms with Crippen molar-refractivity contribution in [1.82, 2.24) is 0 Å². The highest BCUT2D eigenvalue weighted by atomic mass is 32.1. The molecule has 7 heteroatoms. The van der Waals surface area contributed by atoms with E-state index in [0.29, 0.717) is 16.9 Å². The number of carbonyl (C=O) groups excluding carboxylic acids is 2. The highest BCUT2D eigenvalue weighted by Gasteiger charge is 2.18. The average molecular weight is 395 g/mol. The Morgan fingerprint density at radius 1 is 0.964 bits per heavy atom. The zero-order chi connectivity index (χ0) is 20.3. The van der Waals surface area contributed by atoms with Crippen molar-refractivity contribution in [2.75, 3.05) is 5.32 Å². The first kappa shape index (κ1) is 19.3. The molecule has 0 atom stereocenters. The minimum absolute atomic E-state index is 0.0366. The van der Waals surface area contributed by atoms with Gasteiger partial charge in [0, 0.05) is 11.1 Å². The van der Waals surface area contributed by atoms with Gasteiger partial charge in [-0.3, -0.25) is 9.59 Å². The Labute approximate surface area is 165 Å². The Hall–Kier alpha value is -3.45. The summed E-state index contributed by atoms with van der Waals surface area (Å²) in [5.74, 6) is -1.12. The molecule has 1 heterocycles. The number of amides is 1. The van der Waals surface area contributed by atoms with E-state index in [2.05, 4.69) is 5.32 Å². The Balaban J connectivity index is 1.86. The number of Topliss-reactive ketones (excluding diaryl/α,β-unsaturated/α-hetero) is 1. The van der Waals surface area contributed by atoms with Crippen molar-refractivity contribution in [1.29, 1.82) is 0 Å². The fourth-order valence-corrected chi connectivity index (χ4v) is 3.23. The van der Waals surface area contributed by atoms with Gasteiger partial charge < -0.3 is 15.2 Å². The van der Waals surface area contributed by atoms with Gasteiger partial charge in [0.25, 0.3) is 5.91 Å². The van der Waals surface area contributed by atoms with E-state index in [1.165, 1.54) is 13.0 Å². The van der Waals surface area contributed by atoms with Crippen molar-refractivity contribution in [3.63, 3.8) is 0 Å². The quantitative estimate of drug-likeness (QED) is 0.573. The molecular weight excluding hydrogens is 378 g/mol. The number of nitrogens with one attached hydrogen (secondary N) is 1. The second-order valence-electron chi connectivity index (χ2n) is 6.12. The molecule has 6 nitrogen and oxygen atoms in total. The highest BCUT2D eigenvalue weighted by Crippen LogP contribution is 2.38. The van der Waals surface area contributed by atoms with Gasteiger partial charge in [-0.25, -0.2) is 4.79 Å². The van der Waals surface area contributed by atoms with Gasteiger partial charge in [0.1, 0.15) is 10.6 Å². The molecule has 2 N–H and O–H groups in total. The summed E-state index contributed by atoms with van der Waals surface area (Å²) in [6.07, 6.45) is 0. The van der Waals surface area contributed by atoms with Crippen molar-refractivity contribution in [2.45, 2.75) is 13.8 Å². The predicted molar refractivity (Wildman–Crippen MR) is 107 cm³/mol. The van der Waals surface area contributed by atoms with Crippen LogP contribution < -0.4 is 10.1 Å². The number of aryl methyl sites for hydroxylation is 1. The van der Waals surface area contributed by atoms with Crippen molar-refractivity contribution in [3.05, 3.63) is 76.2 Å². The number of hydrogen-bond donors (Lipinski definition) is 2. The van der Waals surface area contributed by atoms with Crippen LogP contribution in [0.3, 0.4) is 0 Å². The maximum atomic E-state index is 12.5. The maximum absolute atomic E-state index is 12.5. The number of rotatable bonds is 6. The Bertz CT molecular complexity index is 1040. The highest BCUT2D eigenvalue weighted by molar-refractivity contribution is 7.16. The first-order valence-corrected chi connectivity index (χ1v) is 9.19. The Morgan fingerprint density at radius 2 is 1.57 bits per heavy atom. The van der Waals surface area contributed by atoms with E-state index >= 15 is 0 Å². The van der Waals surface area contributed by atoms with Gasteiger partial charge in [-0.15, -0.1) is 0 Å². The normalized spacial score (nSPS) is 10.4. The summed E-state index contributed by atoms with van der Waals surface area (Å²) in [6, 6.07) is 14.8. The van der Waals surface area contributed by atoms with E-state index in [9.17, 15) is 19.5 Å². The maximum Gasteiger partial charge on any atom is 0.346 e. The van der Waals surface area contributed by atoms with Crippen LogP contribution in [0, 0.1) is 6.92 Å². The molecular formula is C21H17NO5S. The summed E-state index contributed by atoms with van der Waals surface area (Å²) >= 11 is 0.909. The summed E-state index contributed by atoms with van der Waals surface area (Å²) < 4.78 is 5.76. The van der Waals surface area contributed by atoms with Crippen LogP contribution in [0.15, 0.2) is 54.6 Å². The number of carboxylic acids is 1.